The van der Waals surface area contributed by atoms with Crippen molar-refractivity contribution in [2.45, 2.75) is 17.2 Å². The zero-order valence-corrected chi connectivity index (χ0v) is 15.4. The third-order valence-corrected chi connectivity index (χ3v) is 7.75. The molecule has 0 saturated carbocycles. The van der Waals surface area contributed by atoms with Gasteiger partial charge in [-0.15, -0.1) is 11.3 Å². The Morgan fingerprint density at radius 3 is 2.48 bits per heavy atom. The zero-order chi connectivity index (χ0) is 18.0. The molecule has 25 heavy (non-hydrogen) atoms. The van der Waals surface area contributed by atoms with Crippen molar-refractivity contribution in [1.82, 2.24) is 9.21 Å². The zero-order valence-electron chi connectivity index (χ0n) is 13.7. The van der Waals surface area contributed by atoms with Crippen LogP contribution in [-0.2, 0) is 10.0 Å². The van der Waals surface area contributed by atoms with E-state index in [4.69, 9.17) is 0 Å². The second-order valence-corrected chi connectivity index (χ2v) is 9.01. The number of benzene rings is 1. The average molecular weight is 381 g/mol. The molecule has 1 unspecified atom stereocenters. The highest BCUT2D eigenvalue weighted by Crippen LogP contribution is 2.27. The molecule has 2 heterocycles. The maximum atomic E-state index is 12.6. The maximum absolute atomic E-state index is 12.6. The van der Waals surface area contributed by atoms with E-state index in [1.807, 2.05) is 13.0 Å². The van der Waals surface area contributed by atoms with Crippen LogP contribution >= 0.6 is 11.3 Å². The Kier molecular flexibility index (Phi) is 5.19. The van der Waals surface area contributed by atoms with Crippen molar-refractivity contribution in [1.29, 1.82) is 0 Å². The van der Waals surface area contributed by atoms with Gasteiger partial charge in [0.1, 0.15) is 4.21 Å². The summed E-state index contributed by atoms with van der Waals surface area (Å²) in [5.41, 5.74) is 0.937. The predicted octanol–water partition coefficient (Wildman–Crippen LogP) is 2.72. The summed E-state index contributed by atoms with van der Waals surface area (Å²) < 4.78 is 27.0. The molecule has 0 aliphatic carbocycles. The standard InChI is InChI=1S/C16H19N3O4S2/c1-13(14-4-2-5-15(12-14)19(20)21)17-7-9-18(10-8-17)25(22,23)16-6-3-11-24-16/h2-6,11-13H,7-10H2,1H3. The summed E-state index contributed by atoms with van der Waals surface area (Å²) in [4.78, 5) is 12.7. The summed E-state index contributed by atoms with van der Waals surface area (Å²) in [6, 6.07) is 9.96. The summed E-state index contributed by atoms with van der Waals surface area (Å²) in [6.45, 7) is 4.00. The Morgan fingerprint density at radius 1 is 1.16 bits per heavy atom. The summed E-state index contributed by atoms with van der Waals surface area (Å²) in [5.74, 6) is 0. The molecule has 3 rings (SSSR count). The van der Waals surface area contributed by atoms with E-state index >= 15 is 0 Å². The molecule has 0 radical (unpaired) electrons. The molecule has 7 nitrogen and oxygen atoms in total. The molecule has 0 bridgehead atoms. The fourth-order valence-electron chi connectivity index (χ4n) is 2.98. The molecule has 1 fully saturated rings. The first-order chi connectivity index (χ1) is 11.9. The fourth-order valence-corrected chi connectivity index (χ4v) is 5.54. The molecule has 9 heteroatoms. The third-order valence-electron chi connectivity index (χ3n) is 4.47. The van der Waals surface area contributed by atoms with E-state index in [0.717, 1.165) is 5.56 Å². The summed E-state index contributed by atoms with van der Waals surface area (Å²) in [5, 5.41) is 12.7. The molecular weight excluding hydrogens is 362 g/mol. The van der Waals surface area contributed by atoms with Crippen molar-refractivity contribution < 1.29 is 13.3 Å². The predicted molar refractivity (Wildman–Crippen MR) is 96.2 cm³/mol. The molecule has 0 N–H and O–H groups in total. The van der Waals surface area contributed by atoms with Crippen LogP contribution in [0.2, 0.25) is 0 Å². The Balaban J connectivity index is 1.68. The molecule has 1 saturated heterocycles. The van der Waals surface area contributed by atoms with Gasteiger partial charge >= 0.3 is 0 Å². The fraction of sp³-hybridized carbons (Fsp3) is 0.375. The summed E-state index contributed by atoms with van der Waals surface area (Å²) >= 11 is 1.22. The molecule has 0 spiro atoms. The monoisotopic (exact) mass is 381 g/mol. The van der Waals surface area contributed by atoms with Crippen molar-refractivity contribution in [2.24, 2.45) is 0 Å². The molecule has 0 amide bonds. The molecule has 1 aliphatic heterocycles. The van der Waals surface area contributed by atoms with Gasteiger partial charge < -0.3 is 0 Å². The van der Waals surface area contributed by atoms with E-state index in [9.17, 15) is 18.5 Å². The Hall–Kier alpha value is -1.81. The quantitative estimate of drug-likeness (QED) is 0.587. The number of nitrogens with zero attached hydrogens (tertiary/aromatic N) is 3. The van der Waals surface area contributed by atoms with Gasteiger partial charge in [-0.3, -0.25) is 15.0 Å². The van der Waals surface area contributed by atoms with Gasteiger partial charge in [0, 0.05) is 44.4 Å². The minimum Gasteiger partial charge on any atom is -0.294 e. The largest absolute Gasteiger partial charge is 0.294 e. The van der Waals surface area contributed by atoms with Gasteiger partial charge in [-0.25, -0.2) is 8.42 Å². The van der Waals surface area contributed by atoms with Crippen LogP contribution in [0.15, 0.2) is 46.0 Å². The minimum atomic E-state index is -3.41. The molecule has 1 aliphatic rings. The number of rotatable bonds is 5. The first kappa shape index (κ1) is 18.0. The van der Waals surface area contributed by atoms with Crippen molar-refractivity contribution in [3.63, 3.8) is 0 Å². The topological polar surface area (TPSA) is 83.8 Å². The maximum Gasteiger partial charge on any atom is 0.269 e. The number of nitro benzene ring substituents is 1. The highest BCUT2D eigenvalue weighted by atomic mass is 32.2. The van der Waals surface area contributed by atoms with Crippen molar-refractivity contribution in [3.8, 4) is 0 Å². The van der Waals surface area contributed by atoms with Crippen molar-refractivity contribution in [2.75, 3.05) is 26.2 Å². The van der Waals surface area contributed by atoms with Crippen LogP contribution in [-0.4, -0.2) is 48.7 Å². The van der Waals surface area contributed by atoms with Crippen LogP contribution < -0.4 is 0 Å². The van der Waals surface area contributed by atoms with Gasteiger partial charge in [0.2, 0.25) is 0 Å². The lowest BCUT2D eigenvalue weighted by Gasteiger charge is -2.37. The van der Waals surface area contributed by atoms with Crippen molar-refractivity contribution >= 4 is 27.0 Å². The van der Waals surface area contributed by atoms with Crippen molar-refractivity contribution in [3.05, 3.63) is 57.5 Å². The highest BCUT2D eigenvalue weighted by Gasteiger charge is 2.31. The van der Waals surface area contributed by atoms with Gasteiger partial charge in [-0.1, -0.05) is 18.2 Å². The van der Waals surface area contributed by atoms with Gasteiger partial charge in [0.05, 0.1) is 4.92 Å². The normalized spacial score (nSPS) is 18.1. The lowest BCUT2D eigenvalue weighted by molar-refractivity contribution is -0.385. The number of non-ortho nitro benzene ring substituents is 1. The van der Waals surface area contributed by atoms with Crippen LogP contribution in [0.1, 0.15) is 18.5 Å². The molecular formula is C16H19N3O4S2. The molecule has 1 atom stereocenters. The van der Waals surface area contributed by atoms with Crippen LogP contribution in [0.3, 0.4) is 0 Å². The lowest BCUT2D eigenvalue weighted by Crippen LogP contribution is -2.49. The van der Waals surface area contributed by atoms with Gasteiger partial charge in [0.25, 0.3) is 15.7 Å². The van der Waals surface area contributed by atoms with E-state index in [0.29, 0.717) is 30.4 Å². The van der Waals surface area contributed by atoms with E-state index in [2.05, 4.69) is 4.90 Å². The second kappa shape index (κ2) is 7.20. The smallest absolute Gasteiger partial charge is 0.269 e. The van der Waals surface area contributed by atoms with Gasteiger partial charge in [-0.2, -0.15) is 4.31 Å². The third kappa shape index (κ3) is 3.74. The summed E-state index contributed by atoms with van der Waals surface area (Å²) in [7, 11) is -3.41. The minimum absolute atomic E-state index is 0.00788. The molecule has 1 aromatic carbocycles. The number of piperazine rings is 1. The van der Waals surface area contributed by atoms with Crippen LogP contribution in [0.25, 0.3) is 0 Å². The molecule has 134 valence electrons. The second-order valence-electron chi connectivity index (χ2n) is 5.90. The molecule has 1 aromatic heterocycles. The lowest BCUT2D eigenvalue weighted by atomic mass is 10.1. The van der Waals surface area contributed by atoms with Crippen LogP contribution in [0.5, 0.6) is 0 Å². The van der Waals surface area contributed by atoms with Crippen LogP contribution in [0, 0.1) is 10.1 Å². The van der Waals surface area contributed by atoms with E-state index in [1.165, 1.54) is 21.7 Å². The average Bonchev–Trinajstić information content (AvgIpc) is 3.17. The van der Waals surface area contributed by atoms with E-state index < -0.39 is 14.9 Å². The summed E-state index contributed by atoms with van der Waals surface area (Å²) in [6.07, 6.45) is 0. The highest BCUT2D eigenvalue weighted by molar-refractivity contribution is 7.91. The number of nitro groups is 1. The van der Waals surface area contributed by atoms with E-state index in [1.54, 1.807) is 29.6 Å². The van der Waals surface area contributed by atoms with Gasteiger partial charge in [0.15, 0.2) is 0 Å². The first-order valence-electron chi connectivity index (χ1n) is 7.91. The Bertz CT molecular complexity index is 844. The Labute approximate surface area is 150 Å². The van der Waals surface area contributed by atoms with E-state index in [-0.39, 0.29) is 11.7 Å². The number of thiophene rings is 1. The first-order valence-corrected chi connectivity index (χ1v) is 10.2. The van der Waals surface area contributed by atoms with Gasteiger partial charge in [-0.05, 0) is 23.9 Å². The number of hydrogen-bond donors (Lipinski definition) is 0. The SMILES string of the molecule is CC(c1cccc([N+](=O)[O-])c1)N1CCN(S(=O)(=O)c2cccs2)CC1. The number of sulfonamides is 1. The number of hydrogen-bond acceptors (Lipinski definition) is 6. The van der Waals surface area contributed by atoms with Crippen LogP contribution in [0.4, 0.5) is 5.69 Å². The Morgan fingerprint density at radius 2 is 1.88 bits per heavy atom. The molecule has 2 aromatic rings.